The van der Waals surface area contributed by atoms with Crippen LogP contribution in [0.15, 0.2) is 40.8 Å². The monoisotopic (exact) mass is 456 g/mol. The van der Waals surface area contributed by atoms with Gasteiger partial charge in [-0.15, -0.1) is 0 Å². The van der Waals surface area contributed by atoms with Crippen LogP contribution in [0.3, 0.4) is 0 Å². The van der Waals surface area contributed by atoms with Crippen molar-refractivity contribution in [2.24, 2.45) is 0 Å². The Morgan fingerprint density at radius 3 is 2.56 bits per heavy atom. The third-order valence-electron chi connectivity index (χ3n) is 3.91. The number of ether oxygens (including phenoxy) is 1. The van der Waals surface area contributed by atoms with E-state index in [0.717, 1.165) is 35.4 Å². The van der Waals surface area contributed by atoms with Gasteiger partial charge >= 0.3 is 0 Å². The summed E-state index contributed by atoms with van der Waals surface area (Å²) in [7, 11) is 0. The fourth-order valence-electron chi connectivity index (χ4n) is 2.39. The van der Waals surface area contributed by atoms with E-state index < -0.39 is 0 Å². The van der Waals surface area contributed by atoms with Crippen molar-refractivity contribution in [2.75, 3.05) is 26.2 Å². The number of rotatable bonds is 10. The summed E-state index contributed by atoms with van der Waals surface area (Å²) in [5, 5.41) is 2.89. The van der Waals surface area contributed by atoms with Crippen LogP contribution in [0.25, 0.3) is 0 Å². The number of amides is 1. The number of benzene rings is 1. The Labute approximate surface area is 162 Å². The zero-order valence-corrected chi connectivity index (χ0v) is 16.9. The van der Waals surface area contributed by atoms with Crippen LogP contribution in [0.1, 0.15) is 36.6 Å². The van der Waals surface area contributed by atoms with Crippen LogP contribution in [0.2, 0.25) is 0 Å². The van der Waals surface area contributed by atoms with E-state index in [4.69, 9.17) is 9.15 Å². The van der Waals surface area contributed by atoms with E-state index in [2.05, 4.69) is 46.7 Å². The fraction of sp³-hybridized carbons (Fsp3) is 0.421. The lowest BCUT2D eigenvalue weighted by Crippen LogP contribution is -2.29. The third kappa shape index (κ3) is 6.70. The molecule has 6 heteroatoms. The highest BCUT2D eigenvalue weighted by Crippen LogP contribution is 2.16. The number of halogens is 1. The summed E-state index contributed by atoms with van der Waals surface area (Å²) in [6, 6.07) is 11.2. The van der Waals surface area contributed by atoms with Gasteiger partial charge in [0, 0.05) is 10.1 Å². The first-order chi connectivity index (χ1) is 12.1. The molecule has 5 nitrogen and oxygen atoms in total. The summed E-state index contributed by atoms with van der Waals surface area (Å²) < 4.78 is 12.4. The maximum atomic E-state index is 12.1. The predicted molar refractivity (Wildman–Crippen MR) is 107 cm³/mol. The Morgan fingerprint density at radius 1 is 1.16 bits per heavy atom. The molecule has 0 radical (unpaired) electrons. The molecule has 1 aromatic carbocycles. The standard InChI is InChI=1S/C19H25IN2O3/c1-3-22(4-2)13-5-12-21-19(23)18-11-10-17(25-18)14-24-16-8-6-15(20)7-9-16/h6-11H,3-5,12-14H2,1-2H3,(H,21,23). The van der Waals surface area contributed by atoms with Crippen molar-refractivity contribution >= 4 is 28.5 Å². The molecule has 0 unspecified atom stereocenters. The Kier molecular flexibility index (Phi) is 8.27. The van der Waals surface area contributed by atoms with E-state index in [-0.39, 0.29) is 5.91 Å². The number of nitrogens with one attached hydrogen (secondary N) is 1. The third-order valence-corrected chi connectivity index (χ3v) is 4.63. The van der Waals surface area contributed by atoms with Gasteiger partial charge < -0.3 is 19.4 Å². The molecule has 25 heavy (non-hydrogen) atoms. The van der Waals surface area contributed by atoms with Gasteiger partial charge in [0.2, 0.25) is 0 Å². The van der Waals surface area contributed by atoms with Crippen LogP contribution in [0.5, 0.6) is 5.75 Å². The van der Waals surface area contributed by atoms with Gasteiger partial charge in [0.25, 0.3) is 5.91 Å². The second kappa shape index (κ2) is 10.5. The molecule has 0 aliphatic heterocycles. The van der Waals surface area contributed by atoms with E-state index in [1.165, 1.54) is 0 Å². The smallest absolute Gasteiger partial charge is 0.286 e. The van der Waals surface area contributed by atoms with Gasteiger partial charge in [-0.3, -0.25) is 4.79 Å². The number of hydrogen-bond acceptors (Lipinski definition) is 4. The number of hydrogen-bond donors (Lipinski definition) is 1. The molecule has 1 aromatic heterocycles. The lowest BCUT2D eigenvalue weighted by molar-refractivity contribution is 0.0920. The first-order valence-corrected chi connectivity index (χ1v) is 9.67. The lowest BCUT2D eigenvalue weighted by atomic mass is 10.3. The second-order valence-corrected chi connectivity index (χ2v) is 6.89. The molecule has 1 heterocycles. The van der Waals surface area contributed by atoms with Crippen molar-refractivity contribution < 1.29 is 13.9 Å². The number of nitrogens with zero attached hydrogens (tertiary/aromatic N) is 1. The van der Waals surface area contributed by atoms with E-state index in [9.17, 15) is 4.79 Å². The Bertz CT molecular complexity index is 651. The molecule has 136 valence electrons. The largest absolute Gasteiger partial charge is 0.486 e. The quantitative estimate of drug-likeness (QED) is 0.435. The Hall–Kier alpha value is -1.54. The number of carbonyl (C=O) groups excluding carboxylic acids is 1. The SMILES string of the molecule is CCN(CC)CCCNC(=O)c1ccc(COc2ccc(I)cc2)o1. The summed E-state index contributed by atoms with van der Waals surface area (Å²) >= 11 is 2.25. The first-order valence-electron chi connectivity index (χ1n) is 8.60. The van der Waals surface area contributed by atoms with E-state index >= 15 is 0 Å². The molecule has 0 fully saturated rings. The van der Waals surface area contributed by atoms with Gasteiger partial charge in [0.05, 0.1) is 0 Å². The van der Waals surface area contributed by atoms with E-state index in [1.807, 2.05) is 24.3 Å². The summed E-state index contributed by atoms with van der Waals surface area (Å²) in [5.41, 5.74) is 0. The fourth-order valence-corrected chi connectivity index (χ4v) is 2.75. The summed E-state index contributed by atoms with van der Waals surface area (Å²) in [4.78, 5) is 14.4. The number of furan rings is 1. The van der Waals surface area contributed by atoms with E-state index in [1.54, 1.807) is 12.1 Å². The van der Waals surface area contributed by atoms with Crippen molar-refractivity contribution in [3.63, 3.8) is 0 Å². The van der Waals surface area contributed by atoms with Crippen molar-refractivity contribution in [1.82, 2.24) is 10.2 Å². The van der Waals surface area contributed by atoms with Crippen molar-refractivity contribution in [1.29, 1.82) is 0 Å². The molecule has 1 N–H and O–H groups in total. The van der Waals surface area contributed by atoms with Gasteiger partial charge in [-0.1, -0.05) is 13.8 Å². The Morgan fingerprint density at radius 2 is 1.88 bits per heavy atom. The highest BCUT2D eigenvalue weighted by molar-refractivity contribution is 14.1. The molecular formula is C19H25IN2O3. The second-order valence-electron chi connectivity index (χ2n) is 5.64. The minimum atomic E-state index is -0.180. The van der Waals surface area contributed by atoms with Gasteiger partial charge in [0.1, 0.15) is 18.1 Å². The summed E-state index contributed by atoms with van der Waals surface area (Å²) in [6.07, 6.45) is 0.927. The highest BCUT2D eigenvalue weighted by Gasteiger charge is 2.11. The normalized spacial score (nSPS) is 10.9. The molecule has 2 rings (SSSR count). The molecule has 0 aliphatic carbocycles. The van der Waals surface area contributed by atoms with Gasteiger partial charge in [0.15, 0.2) is 5.76 Å². The maximum absolute atomic E-state index is 12.1. The first kappa shape index (κ1) is 19.8. The molecule has 0 atom stereocenters. The predicted octanol–water partition coefficient (Wildman–Crippen LogP) is 3.92. The minimum absolute atomic E-state index is 0.180. The average Bonchev–Trinajstić information content (AvgIpc) is 3.10. The van der Waals surface area contributed by atoms with Crippen LogP contribution in [-0.2, 0) is 6.61 Å². The zero-order chi connectivity index (χ0) is 18.1. The van der Waals surface area contributed by atoms with Crippen LogP contribution in [0.4, 0.5) is 0 Å². The van der Waals surface area contributed by atoms with Crippen molar-refractivity contribution in [3.8, 4) is 5.75 Å². The van der Waals surface area contributed by atoms with Crippen molar-refractivity contribution in [3.05, 3.63) is 51.5 Å². The molecule has 0 spiro atoms. The molecule has 1 amide bonds. The zero-order valence-electron chi connectivity index (χ0n) is 14.8. The lowest BCUT2D eigenvalue weighted by Gasteiger charge is -2.17. The molecular weight excluding hydrogens is 431 g/mol. The topological polar surface area (TPSA) is 54.7 Å². The maximum Gasteiger partial charge on any atom is 0.286 e. The number of carbonyl (C=O) groups is 1. The average molecular weight is 456 g/mol. The molecule has 2 aromatic rings. The van der Waals surface area contributed by atoms with Crippen LogP contribution in [0, 0.1) is 3.57 Å². The van der Waals surface area contributed by atoms with E-state index in [0.29, 0.717) is 24.7 Å². The summed E-state index contributed by atoms with van der Waals surface area (Å²) in [6.45, 7) is 8.29. The van der Waals surface area contributed by atoms with Gasteiger partial charge in [-0.2, -0.15) is 0 Å². The van der Waals surface area contributed by atoms with Crippen molar-refractivity contribution in [2.45, 2.75) is 26.9 Å². The van der Waals surface area contributed by atoms with Crippen LogP contribution >= 0.6 is 22.6 Å². The van der Waals surface area contributed by atoms with Gasteiger partial charge in [-0.25, -0.2) is 0 Å². The molecule has 0 bridgehead atoms. The van der Waals surface area contributed by atoms with Crippen LogP contribution in [-0.4, -0.2) is 37.0 Å². The molecule has 0 aliphatic rings. The highest BCUT2D eigenvalue weighted by atomic mass is 127. The Balaban J connectivity index is 1.74. The molecule has 0 saturated heterocycles. The molecule has 0 saturated carbocycles. The minimum Gasteiger partial charge on any atom is -0.486 e. The van der Waals surface area contributed by atoms with Crippen LogP contribution < -0.4 is 10.1 Å². The summed E-state index contributed by atoms with van der Waals surface area (Å²) in [5.74, 6) is 1.55. The van der Waals surface area contributed by atoms with Gasteiger partial charge in [-0.05, 0) is 85.0 Å².